The quantitative estimate of drug-likeness (QED) is 0.871. The molecule has 1 aromatic rings. The third-order valence-electron chi connectivity index (χ3n) is 3.85. The highest BCUT2D eigenvalue weighted by molar-refractivity contribution is 4.90. The molecule has 0 spiro atoms. The van der Waals surface area contributed by atoms with Gasteiger partial charge in [0.2, 0.25) is 0 Å². The Kier molecular flexibility index (Phi) is 4.02. The molecule has 0 amide bonds. The molecule has 0 bridgehead atoms. The SMILES string of the molecule is CNC(CCN1CCn2cnnc2C1)C(C)(C)C. The molecule has 1 aliphatic heterocycles. The minimum Gasteiger partial charge on any atom is -0.316 e. The zero-order valence-electron chi connectivity index (χ0n) is 12.0. The Balaban J connectivity index is 1.85. The van der Waals surface area contributed by atoms with E-state index in [1.165, 1.54) is 6.42 Å². The van der Waals surface area contributed by atoms with Gasteiger partial charge in [0, 0.05) is 25.7 Å². The van der Waals surface area contributed by atoms with E-state index in [9.17, 15) is 0 Å². The molecule has 0 aliphatic carbocycles. The minimum absolute atomic E-state index is 0.310. The number of rotatable bonds is 4. The summed E-state index contributed by atoms with van der Waals surface area (Å²) < 4.78 is 2.15. The molecule has 1 aromatic heterocycles. The standard InChI is InChI=1S/C13H25N5/c1-13(2,3)11(14-4)5-6-17-7-8-18-10-15-16-12(18)9-17/h10-11,14H,5-9H2,1-4H3. The van der Waals surface area contributed by atoms with Gasteiger partial charge in [-0.3, -0.25) is 4.90 Å². The number of nitrogens with zero attached hydrogens (tertiary/aromatic N) is 4. The van der Waals surface area contributed by atoms with Crippen LogP contribution in [-0.2, 0) is 13.1 Å². The molecule has 1 atom stereocenters. The molecule has 1 N–H and O–H groups in total. The first-order chi connectivity index (χ1) is 8.50. The van der Waals surface area contributed by atoms with E-state index in [0.717, 1.165) is 32.0 Å². The molecule has 0 aromatic carbocycles. The average molecular weight is 251 g/mol. The summed E-state index contributed by atoms with van der Waals surface area (Å²) in [5.74, 6) is 1.10. The Morgan fingerprint density at radius 1 is 1.39 bits per heavy atom. The summed E-state index contributed by atoms with van der Waals surface area (Å²) in [6, 6.07) is 0.553. The Bertz CT molecular complexity index is 379. The van der Waals surface area contributed by atoms with E-state index in [1.807, 2.05) is 6.33 Å². The zero-order chi connectivity index (χ0) is 13.2. The second-order valence-electron chi connectivity index (χ2n) is 6.21. The zero-order valence-corrected chi connectivity index (χ0v) is 12.0. The fourth-order valence-electron chi connectivity index (χ4n) is 2.63. The van der Waals surface area contributed by atoms with Gasteiger partial charge in [0.05, 0.1) is 6.54 Å². The molecule has 2 rings (SSSR count). The van der Waals surface area contributed by atoms with Gasteiger partial charge in [-0.15, -0.1) is 10.2 Å². The van der Waals surface area contributed by atoms with E-state index in [0.29, 0.717) is 11.5 Å². The summed E-state index contributed by atoms with van der Waals surface area (Å²) in [4.78, 5) is 2.47. The van der Waals surface area contributed by atoms with Crippen molar-refractivity contribution in [2.75, 3.05) is 20.1 Å². The lowest BCUT2D eigenvalue weighted by Gasteiger charge is -2.33. The van der Waals surface area contributed by atoms with Gasteiger partial charge in [0.25, 0.3) is 0 Å². The first kappa shape index (κ1) is 13.5. The van der Waals surface area contributed by atoms with Crippen LogP contribution in [0.25, 0.3) is 0 Å². The highest BCUT2D eigenvalue weighted by Crippen LogP contribution is 2.22. The van der Waals surface area contributed by atoms with Crippen molar-refractivity contribution >= 4 is 0 Å². The van der Waals surface area contributed by atoms with Gasteiger partial charge in [-0.2, -0.15) is 0 Å². The Hall–Kier alpha value is -0.940. The fraction of sp³-hybridized carbons (Fsp3) is 0.846. The van der Waals surface area contributed by atoms with Gasteiger partial charge < -0.3 is 9.88 Å². The van der Waals surface area contributed by atoms with E-state index in [4.69, 9.17) is 0 Å². The third kappa shape index (κ3) is 3.09. The van der Waals surface area contributed by atoms with Crippen LogP contribution in [0.4, 0.5) is 0 Å². The molecular formula is C13H25N5. The highest BCUT2D eigenvalue weighted by atomic mass is 15.3. The van der Waals surface area contributed by atoms with E-state index >= 15 is 0 Å². The molecule has 18 heavy (non-hydrogen) atoms. The molecule has 1 unspecified atom stereocenters. The Labute approximate surface area is 110 Å². The molecule has 5 nitrogen and oxygen atoms in total. The van der Waals surface area contributed by atoms with Crippen molar-refractivity contribution in [3.8, 4) is 0 Å². The molecular weight excluding hydrogens is 226 g/mol. The van der Waals surface area contributed by atoms with Crippen molar-refractivity contribution in [3.05, 3.63) is 12.2 Å². The van der Waals surface area contributed by atoms with Crippen LogP contribution in [-0.4, -0.2) is 45.8 Å². The summed E-state index contributed by atoms with van der Waals surface area (Å²) in [6.45, 7) is 11.0. The average Bonchev–Trinajstić information content (AvgIpc) is 2.75. The summed E-state index contributed by atoms with van der Waals surface area (Å²) in [5.41, 5.74) is 0.310. The molecule has 0 saturated heterocycles. The van der Waals surface area contributed by atoms with Crippen molar-refractivity contribution in [3.63, 3.8) is 0 Å². The number of hydrogen-bond acceptors (Lipinski definition) is 4. The predicted octanol–water partition coefficient (Wildman–Crippen LogP) is 1.12. The van der Waals surface area contributed by atoms with Gasteiger partial charge in [-0.1, -0.05) is 20.8 Å². The molecule has 2 heterocycles. The lowest BCUT2D eigenvalue weighted by Crippen LogP contribution is -2.42. The highest BCUT2D eigenvalue weighted by Gasteiger charge is 2.24. The second kappa shape index (κ2) is 5.36. The van der Waals surface area contributed by atoms with Crippen LogP contribution < -0.4 is 5.32 Å². The molecule has 0 fully saturated rings. The third-order valence-corrected chi connectivity index (χ3v) is 3.85. The topological polar surface area (TPSA) is 46.0 Å². The Morgan fingerprint density at radius 3 is 2.83 bits per heavy atom. The van der Waals surface area contributed by atoms with Crippen LogP contribution in [0, 0.1) is 5.41 Å². The van der Waals surface area contributed by atoms with Crippen molar-refractivity contribution in [2.45, 2.75) is 46.3 Å². The molecule has 1 aliphatic rings. The largest absolute Gasteiger partial charge is 0.316 e. The van der Waals surface area contributed by atoms with Gasteiger partial charge in [-0.25, -0.2) is 0 Å². The molecule has 5 heteroatoms. The normalized spacial score (nSPS) is 18.7. The first-order valence-corrected chi connectivity index (χ1v) is 6.77. The predicted molar refractivity (Wildman–Crippen MR) is 72.2 cm³/mol. The smallest absolute Gasteiger partial charge is 0.147 e. The summed E-state index contributed by atoms with van der Waals surface area (Å²) >= 11 is 0. The summed E-state index contributed by atoms with van der Waals surface area (Å²) in [5, 5.41) is 11.6. The Morgan fingerprint density at radius 2 is 2.17 bits per heavy atom. The van der Waals surface area contributed by atoms with Crippen LogP contribution in [0.2, 0.25) is 0 Å². The van der Waals surface area contributed by atoms with Crippen molar-refractivity contribution < 1.29 is 0 Å². The van der Waals surface area contributed by atoms with Crippen molar-refractivity contribution in [2.24, 2.45) is 5.41 Å². The maximum absolute atomic E-state index is 4.16. The maximum Gasteiger partial charge on any atom is 0.147 e. The van der Waals surface area contributed by atoms with E-state index < -0.39 is 0 Å². The monoisotopic (exact) mass is 251 g/mol. The number of hydrogen-bond donors (Lipinski definition) is 1. The lowest BCUT2D eigenvalue weighted by atomic mass is 9.85. The van der Waals surface area contributed by atoms with E-state index in [-0.39, 0.29) is 0 Å². The fourth-order valence-corrected chi connectivity index (χ4v) is 2.63. The second-order valence-corrected chi connectivity index (χ2v) is 6.21. The maximum atomic E-state index is 4.16. The van der Waals surface area contributed by atoms with Crippen LogP contribution >= 0.6 is 0 Å². The van der Waals surface area contributed by atoms with Crippen molar-refractivity contribution in [1.82, 2.24) is 25.0 Å². The molecule has 0 saturated carbocycles. The van der Waals surface area contributed by atoms with Gasteiger partial charge in [0.15, 0.2) is 0 Å². The van der Waals surface area contributed by atoms with E-state index in [2.05, 4.69) is 52.8 Å². The van der Waals surface area contributed by atoms with Crippen LogP contribution in [0.1, 0.15) is 33.0 Å². The van der Waals surface area contributed by atoms with Crippen molar-refractivity contribution in [1.29, 1.82) is 0 Å². The van der Waals surface area contributed by atoms with Gasteiger partial charge in [-0.05, 0) is 18.9 Å². The minimum atomic E-state index is 0.310. The van der Waals surface area contributed by atoms with Gasteiger partial charge >= 0.3 is 0 Å². The van der Waals surface area contributed by atoms with E-state index in [1.54, 1.807) is 0 Å². The molecule has 102 valence electrons. The number of fused-ring (bicyclic) bond motifs is 1. The molecule has 0 radical (unpaired) electrons. The number of nitrogens with one attached hydrogen (secondary N) is 1. The first-order valence-electron chi connectivity index (χ1n) is 6.77. The van der Waals surface area contributed by atoms with Crippen LogP contribution in [0.5, 0.6) is 0 Å². The summed E-state index contributed by atoms with van der Waals surface area (Å²) in [6.07, 6.45) is 3.01. The summed E-state index contributed by atoms with van der Waals surface area (Å²) in [7, 11) is 2.06. The van der Waals surface area contributed by atoms with Gasteiger partial charge in [0.1, 0.15) is 12.2 Å². The van der Waals surface area contributed by atoms with Crippen LogP contribution in [0.3, 0.4) is 0 Å². The lowest BCUT2D eigenvalue weighted by molar-refractivity contribution is 0.180. The van der Waals surface area contributed by atoms with Crippen LogP contribution in [0.15, 0.2) is 6.33 Å². The number of aromatic nitrogens is 3.